The van der Waals surface area contributed by atoms with Gasteiger partial charge in [-0.1, -0.05) is 80.6 Å². The number of Topliss-reactive ketones (excluding diaryl/α,β-unsaturated/α-hetero) is 1. The van der Waals surface area contributed by atoms with Crippen molar-refractivity contribution < 1.29 is 72.5 Å². The Hall–Kier alpha value is -6.20. The fraction of sp³-hybridized carbons (Fsp3) is 0.462. The predicted molar refractivity (Wildman–Crippen MR) is 241 cm³/mol. The minimum absolute atomic E-state index is 0.0111. The van der Waals surface area contributed by atoms with Crippen LogP contribution < -0.4 is 10.1 Å². The Labute approximate surface area is 393 Å². The summed E-state index contributed by atoms with van der Waals surface area (Å²) in [4.78, 5) is 86.0. The molecule has 2 heterocycles. The first-order valence-electron chi connectivity index (χ1n) is 22.9. The van der Waals surface area contributed by atoms with Gasteiger partial charge in [0.1, 0.15) is 36.3 Å². The molecule has 3 aliphatic carbocycles. The van der Waals surface area contributed by atoms with E-state index in [9.17, 15) is 39.3 Å². The molecule has 3 aromatic carbocycles. The van der Waals surface area contributed by atoms with Crippen molar-refractivity contribution in [1.82, 2.24) is 5.32 Å². The predicted octanol–water partition coefficient (Wildman–Crippen LogP) is 4.83. The third-order valence-electron chi connectivity index (χ3n) is 14.8. The van der Waals surface area contributed by atoms with Crippen molar-refractivity contribution in [2.75, 3.05) is 13.2 Å². The van der Waals surface area contributed by atoms with Crippen molar-refractivity contribution in [3.05, 3.63) is 125 Å². The van der Waals surface area contributed by atoms with Crippen molar-refractivity contribution in [1.29, 1.82) is 0 Å². The number of hydrogen-bond donors (Lipinski definition) is 4. The zero-order chi connectivity index (χ0) is 48.8. The summed E-state index contributed by atoms with van der Waals surface area (Å²) in [6.07, 6.45) is -6.63. The van der Waals surface area contributed by atoms with E-state index in [-0.39, 0.29) is 59.6 Å². The molecule has 16 heteroatoms. The molecule has 1 saturated heterocycles. The van der Waals surface area contributed by atoms with Gasteiger partial charge in [-0.3, -0.25) is 19.2 Å². The molecule has 3 aromatic rings. The van der Waals surface area contributed by atoms with Crippen molar-refractivity contribution in [3.8, 4) is 5.75 Å². The molecular formula is C52H57NO15. The summed E-state index contributed by atoms with van der Waals surface area (Å²) in [5.41, 5.74) is -7.34. The minimum Gasteiger partial charge on any atom is -0.489 e. The molecule has 0 radical (unpaired) electrons. The minimum atomic E-state index is -2.42. The largest absolute Gasteiger partial charge is 0.489 e. The number of nitrogens with one attached hydrogen (secondary N) is 1. The number of hydrogen-bond acceptors (Lipinski definition) is 15. The van der Waals surface area contributed by atoms with Gasteiger partial charge >= 0.3 is 23.9 Å². The first-order chi connectivity index (χ1) is 32.3. The van der Waals surface area contributed by atoms with Crippen LogP contribution in [0.4, 0.5) is 0 Å². The lowest BCUT2D eigenvalue weighted by atomic mass is 9.44. The molecular weight excluding hydrogens is 879 g/mol. The number of benzene rings is 3. The number of ketones is 1. The standard InChI is InChI=1S/C52H57NO15/c1-29-35-27-52(62)45(67-47(60)32-20-12-9-13-21-32)43-50(5,44(58)42(65-30(2)54)39(29)49(52,3)4)36(55)26-37-51(43,28-64-37)68-38(56)24-14-6-7-17-25-63-34-23-16-15-22-33(34)40(41(57)48(61)66-35)53-46(59)31-18-10-8-11-19-31/h7-13,15-23,35-37,40-43,45,55,57,62H,6,14,24-28H2,1-5H3,(H,53,59)/b17-7-/t35-,36-,37+,40-,41+,42+,43-,45-,50+,51-,52+/m0/s1. The Morgan fingerprint density at radius 2 is 1.51 bits per heavy atom. The SMILES string of the molecule is CC(=O)O[C@H]1C(=O)[C@@]2(C)[C@@H]3[C@H](OC(=O)c4ccccc4)[C@]4(O)C[C@H](OC(=O)[C@H](O)[C@@H](NC(=O)c5ccccc5)c5ccccc5OC/C=C\CCCC(=O)O[C@]35CO[C@@H]5C[C@@H]2O)C(C)=C1C4(C)C. The fourth-order valence-corrected chi connectivity index (χ4v) is 11.1. The maximum absolute atomic E-state index is 15.7. The first-order valence-corrected chi connectivity index (χ1v) is 22.9. The maximum Gasteiger partial charge on any atom is 0.338 e. The number of esters is 4. The highest BCUT2D eigenvalue weighted by Crippen LogP contribution is 2.64. The molecule has 2 saturated carbocycles. The smallest absolute Gasteiger partial charge is 0.338 e. The molecule has 8 rings (SSSR count). The second-order valence-corrected chi connectivity index (χ2v) is 19.0. The summed E-state index contributed by atoms with van der Waals surface area (Å²) in [6.45, 7) is 6.90. The van der Waals surface area contributed by atoms with Gasteiger partial charge in [0.15, 0.2) is 23.6 Å². The lowest BCUT2D eigenvalue weighted by molar-refractivity contribution is -0.346. The van der Waals surface area contributed by atoms with Gasteiger partial charge in [-0.15, -0.1) is 0 Å². The zero-order valence-electron chi connectivity index (χ0n) is 38.5. The van der Waals surface area contributed by atoms with E-state index < -0.39 is 113 Å². The van der Waals surface area contributed by atoms with Crippen LogP contribution in [-0.2, 0) is 42.9 Å². The summed E-state index contributed by atoms with van der Waals surface area (Å²) in [5, 5.41) is 41.1. The second kappa shape index (κ2) is 18.7. The van der Waals surface area contributed by atoms with E-state index >= 15 is 4.79 Å². The molecule has 1 amide bonds. The van der Waals surface area contributed by atoms with Crippen LogP contribution in [0, 0.1) is 16.7 Å². The number of para-hydroxylation sites is 1. The van der Waals surface area contributed by atoms with Crippen LogP contribution >= 0.6 is 0 Å². The summed E-state index contributed by atoms with van der Waals surface area (Å²) in [6, 6.07) is 21.1. The quantitative estimate of drug-likeness (QED) is 0.153. The Bertz CT molecular complexity index is 2520. The Morgan fingerprint density at radius 3 is 2.18 bits per heavy atom. The highest BCUT2D eigenvalue weighted by Gasteiger charge is 2.78. The third kappa shape index (κ3) is 8.30. The molecule has 5 aliphatic rings. The number of aliphatic hydroxyl groups is 3. The summed E-state index contributed by atoms with van der Waals surface area (Å²) < 4.78 is 37.2. The number of carbonyl (C=O) groups excluding carboxylic acids is 6. The molecule has 0 unspecified atom stereocenters. The van der Waals surface area contributed by atoms with Crippen LogP contribution in [0.3, 0.4) is 0 Å². The van der Waals surface area contributed by atoms with Crippen LogP contribution in [0.25, 0.3) is 0 Å². The van der Waals surface area contributed by atoms with E-state index in [0.29, 0.717) is 12.8 Å². The Kier molecular flexibility index (Phi) is 13.3. The van der Waals surface area contributed by atoms with Crippen LogP contribution in [-0.4, -0.2) is 112 Å². The lowest BCUT2D eigenvalue weighted by Crippen LogP contribution is -2.82. The molecule has 2 aliphatic heterocycles. The van der Waals surface area contributed by atoms with Crippen molar-refractivity contribution >= 4 is 35.6 Å². The fourth-order valence-electron chi connectivity index (χ4n) is 11.1. The molecule has 4 N–H and O–H groups in total. The molecule has 16 nitrogen and oxygen atoms in total. The lowest BCUT2D eigenvalue weighted by Gasteiger charge is -2.67. The van der Waals surface area contributed by atoms with Crippen LogP contribution in [0.1, 0.15) is 99.0 Å². The van der Waals surface area contributed by atoms with Gasteiger partial charge in [-0.05, 0) is 68.2 Å². The Morgan fingerprint density at radius 1 is 0.853 bits per heavy atom. The van der Waals surface area contributed by atoms with Gasteiger partial charge < -0.3 is 49.1 Å². The molecule has 11 atom stereocenters. The van der Waals surface area contributed by atoms with E-state index in [1.807, 2.05) is 0 Å². The van der Waals surface area contributed by atoms with Gasteiger partial charge in [-0.2, -0.15) is 0 Å². The summed E-state index contributed by atoms with van der Waals surface area (Å²) >= 11 is 0. The molecule has 4 bridgehead atoms. The van der Waals surface area contributed by atoms with E-state index in [1.165, 1.54) is 26.0 Å². The summed E-state index contributed by atoms with van der Waals surface area (Å²) in [7, 11) is 0. The second-order valence-electron chi connectivity index (χ2n) is 19.0. The molecule has 1 spiro atoms. The Balaban J connectivity index is 1.33. The van der Waals surface area contributed by atoms with Crippen molar-refractivity contribution in [3.63, 3.8) is 0 Å². The number of amides is 1. The van der Waals surface area contributed by atoms with E-state index in [0.717, 1.165) is 6.92 Å². The van der Waals surface area contributed by atoms with E-state index in [4.69, 9.17) is 28.4 Å². The highest BCUT2D eigenvalue weighted by atomic mass is 16.6. The van der Waals surface area contributed by atoms with Gasteiger partial charge in [0.2, 0.25) is 0 Å². The number of allylic oxidation sites excluding steroid dienone is 1. The number of carbonyl (C=O) groups is 6. The topological polar surface area (TPSA) is 231 Å². The number of aliphatic hydroxyl groups excluding tert-OH is 2. The normalized spacial score (nSPS) is 34.1. The summed E-state index contributed by atoms with van der Waals surface area (Å²) in [5.74, 6) is -6.63. The van der Waals surface area contributed by atoms with Gasteiger partial charge in [0.05, 0.1) is 35.6 Å². The van der Waals surface area contributed by atoms with E-state index in [2.05, 4.69) is 5.32 Å². The van der Waals surface area contributed by atoms with Crippen molar-refractivity contribution in [2.24, 2.45) is 16.7 Å². The maximum atomic E-state index is 15.7. The average Bonchev–Trinajstić information content (AvgIpc) is 3.31. The van der Waals surface area contributed by atoms with Crippen LogP contribution in [0.2, 0.25) is 0 Å². The zero-order valence-corrected chi connectivity index (χ0v) is 38.5. The van der Waals surface area contributed by atoms with Crippen LogP contribution in [0.5, 0.6) is 5.75 Å². The van der Waals surface area contributed by atoms with E-state index in [1.54, 1.807) is 98.8 Å². The average molecular weight is 936 g/mol. The highest BCUT2D eigenvalue weighted by molar-refractivity contribution is 5.96. The molecule has 3 fully saturated rings. The molecule has 360 valence electrons. The third-order valence-corrected chi connectivity index (χ3v) is 14.8. The number of fused-ring (bicyclic) bond motifs is 3. The van der Waals surface area contributed by atoms with Gasteiger partial charge in [0.25, 0.3) is 5.91 Å². The van der Waals surface area contributed by atoms with Crippen LogP contribution in [0.15, 0.2) is 108 Å². The molecule has 0 aromatic heterocycles. The number of rotatable bonds is 5. The van der Waals surface area contributed by atoms with Crippen molar-refractivity contribution in [2.45, 2.75) is 121 Å². The van der Waals surface area contributed by atoms with Gasteiger partial charge in [-0.25, -0.2) is 9.59 Å². The van der Waals surface area contributed by atoms with Gasteiger partial charge in [0, 0.05) is 42.7 Å². The molecule has 68 heavy (non-hydrogen) atoms. The monoisotopic (exact) mass is 935 g/mol. The number of ether oxygens (including phenoxy) is 6. The first kappa shape index (κ1) is 48.3.